The number of nitrogens with zero attached hydrogens (tertiary/aromatic N) is 2. The third-order valence-electron chi connectivity index (χ3n) is 2.24. The molecule has 0 aliphatic rings. The molecule has 0 N–H and O–H groups in total. The van der Waals surface area contributed by atoms with Crippen molar-refractivity contribution in [2.75, 3.05) is 18.5 Å². The van der Waals surface area contributed by atoms with Gasteiger partial charge in [-0.1, -0.05) is 31.6 Å². The van der Waals surface area contributed by atoms with Gasteiger partial charge in [0, 0.05) is 13.6 Å². The van der Waals surface area contributed by atoms with Crippen LogP contribution in [0.25, 0.3) is 0 Å². The number of aromatic nitrogens is 1. The number of aldehydes is 1. The molecule has 0 radical (unpaired) electrons. The molecule has 0 aliphatic heterocycles. The maximum absolute atomic E-state index is 10.5. The molecule has 0 aliphatic carbocycles. The molecule has 3 nitrogen and oxygen atoms in total. The number of rotatable bonds is 5. The minimum Gasteiger partial charge on any atom is -0.351 e. The first-order valence-corrected chi connectivity index (χ1v) is 5.61. The Hall–Kier alpha value is -0.900. The zero-order valence-corrected chi connectivity index (χ0v) is 9.67. The van der Waals surface area contributed by atoms with Crippen molar-refractivity contribution in [2.24, 2.45) is 5.92 Å². The smallest absolute Gasteiger partial charge is 0.185 e. The van der Waals surface area contributed by atoms with Gasteiger partial charge in [0.15, 0.2) is 11.4 Å². The molecule has 1 aromatic rings. The first-order valence-electron chi connectivity index (χ1n) is 4.79. The number of hydrogen-bond donors (Lipinski definition) is 0. The highest BCUT2D eigenvalue weighted by Gasteiger charge is 2.09. The third-order valence-corrected chi connectivity index (χ3v) is 3.27. The SMILES string of the molecule is CCC(C)CN(C)c1ncc(C=O)s1. The average molecular weight is 212 g/mol. The van der Waals surface area contributed by atoms with Crippen LogP contribution in [-0.2, 0) is 0 Å². The van der Waals surface area contributed by atoms with Crippen molar-refractivity contribution in [3.63, 3.8) is 0 Å². The Morgan fingerprint density at radius 2 is 2.43 bits per heavy atom. The summed E-state index contributed by atoms with van der Waals surface area (Å²) in [6, 6.07) is 0. The molecule has 1 aromatic heterocycles. The Labute approximate surface area is 88.8 Å². The molecule has 4 heteroatoms. The molecule has 14 heavy (non-hydrogen) atoms. The van der Waals surface area contributed by atoms with Gasteiger partial charge in [-0.3, -0.25) is 4.79 Å². The lowest BCUT2D eigenvalue weighted by Crippen LogP contribution is -2.23. The van der Waals surface area contributed by atoms with Gasteiger partial charge in [0.1, 0.15) is 0 Å². The van der Waals surface area contributed by atoms with Gasteiger partial charge in [-0.15, -0.1) is 0 Å². The van der Waals surface area contributed by atoms with Crippen LogP contribution in [0.5, 0.6) is 0 Å². The summed E-state index contributed by atoms with van der Waals surface area (Å²) in [6.07, 6.45) is 3.63. The van der Waals surface area contributed by atoms with E-state index in [2.05, 4.69) is 23.7 Å². The Morgan fingerprint density at radius 1 is 1.71 bits per heavy atom. The fourth-order valence-electron chi connectivity index (χ4n) is 1.18. The Bertz CT molecular complexity index is 298. The van der Waals surface area contributed by atoms with E-state index in [1.165, 1.54) is 11.3 Å². The number of carbonyl (C=O) groups excluding carboxylic acids is 1. The van der Waals surface area contributed by atoms with E-state index in [-0.39, 0.29) is 0 Å². The first-order chi connectivity index (χ1) is 6.67. The van der Waals surface area contributed by atoms with E-state index in [1.807, 2.05) is 7.05 Å². The third kappa shape index (κ3) is 2.80. The molecule has 0 fully saturated rings. The molecule has 0 aromatic carbocycles. The molecule has 1 unspecified atom stereocenters. The molecule has 0 saturated heterocycles. The highest BCUT2D eigenvalue weighted by Crippen LogP contribution is 2.21. The Morgan fingerprint density at radius 3 is 2.93 bits per heavy atom. The Balaban J connectivity index is 2.59. The van der Waals surface area contributed by atoms with Gasteiger partial charge in [-0.25, -0.2) is 4.98 Å². The lowest BCUT2D eigenvalue weighted by Gasteiger charge is -2.19. The van der Waals surface area contributed by atoms with Crippen LogP contribution in [-0.4, -0.2) is 24.9 Å². The molecule has 0 amide bonds. The lowest BCUT2D eigenvalue weighted by molar-refractivity contribution is 0.112. The number of carbonyl (C=O) groups is 1. The molecular weight excluding hydrogens is 196 g/mol. The highest BCUT2D eigenvalue weighted by molar-refractivity contribution is 7.17. The lowest BCUT2D eigenvalue weighted by atomic mass is 10.1. The molecule has 0 spiro atoms. The first kappa shape index (κ1) is 11.2. The fraction of sp³-hybridized carbons (Fsp3) is 0.600. The molecule has 0 bridgehead atoms. The summed E-state index contributed by atoms with van der Waals surface area (Å²) < 4.78 is 0. The average Bonchev–Trinajstić information content (AvgIpc) is 2.65. The zero-order valence-electron chi connectivity index (χ0n) is 8.86. The van der Waals surface area contributed by atoms with Gasteiger partial charge in [0.25, 0.3) is 0 Å². The van der Waals surface area contributed by atoms with E-state index in [1.54, 1.807) is 6.20 Å². The monoisotopic (exact) mass is 212 g/mol. The highest BCUT2D eigenvalue weighted by atomic mass is 32.1. The molecule has 0 saturated carbocycles. The van der Waals surface area contributed by atoms with Gasteiger partial charge in [-0.2, -0.15) is 0 Å². The minimum atomic E-state index is 0.656. The second-order valence-corrected chi connectivity index (χ2v) is 4.60. The molecule has 1 heterocycles. The van der Waals surface area contributed by atoms with Crippen molar-refractivity contribution < 1.29 is 4.79 Å². The van der Waals surface area contributed by atoms with Crippen LogP contribution in [0.4, 0.5) is 5.13 Å². The van der Waals surface area contributed by atoms with Crippen molar-refractivity contribution >= 4 is 22.8 Å². The summed E-state index contributed by atoms with van der Waals surface area (Å²) in [6.45, 7) is 5.38. The minimum absolute atomic E-state index is 0.656. The molecular formula is C10H16N2OS. The normalized spacial score (nSPS) is 12.5. The van der Waals surface area contributed by atoms with E-state index in [0.717, 1.165) is 24.4 Å². The van der Waals surface area contributed by atoms with Crippen LogP contribution >= 0.6 is 11.3 Å². The molecule has 1 atom stereocenters. The summed E-state index contributed by atoms with van der Waals surface area (Å²) in [4.78, 5) is 17.5. The topological polar surface area (TPSA) is 33.2 Å². The predicted molar refractivity (Wildman–Crippen MR) is 60.2 cm³/mol. The van der Waals surface area contributed by atoms with Gasteiger partial charge >= 0.3 is 0 Å². The van der Waals surface area contributed by atoms with Crippen LogP contribution < -0.4 is 4.90 Å². The van der Waals surface area contributed by atoms with E-state index in [9.17, 15) is 4.79 Å². The van der Waals surface area contributed by atoms with Crippen LogP contribution in [0, 0.1) is 5.92 Å². The number of hydrogen-bond acceptors (Lipinski definition) is 4. The number of anilines is 1. The van der Waals surface area contributed by atoms with Crippen molar-refractivity contribution in [1.29, 1.82) is 0 Å². The van der Waals surface area contributed by atoms with Crippen LogP contribution in [0.1, 0.15) is 29.9 Å². The second kappa shape index (κ2) is 5.10. The number of thiazole rings is 1. The van der Waals surface area contributed by atoms with Crippen molar-refractivity contribution in [2.45, 2.75) is 20.3 Å². The van der Waals surface area contributed by atoms with Crippen molar-refractivity contribution in [3.8, 4) is 0 Å². The van der Waals surface area contributed by atoms with Crippen LogP contribution in [0.15, 0.2) is 6.20 Å². The molecule has 1 rings (SSSR count). The van der Waals surface area contributed by atoms with Gasteiger partial charge in [-0.05, 0) is 5.92 Å². The van der Waals surface area contributed by atoms with Crippen molar-refractivity contribution in [3.05, 3.63) is 11.1 Å². The maximum Gasteiger partial charge on any atom is 0.185 e. The predicted octanol–water partition coefficient (Wildman–Crippen LogP) is 2.44. The van der Waals surface area contributed by atoms with Gasteiger partial charge in [0.2, 0.25) is 0 Å². The quantitative estimate of drug-likeness (QED) is 0.703. The summed E-state index contributed by atoms with van der Waals surface area (Å²) in [5.74, 6) is 0.656. The second-order valence-electron chi connectivity index (χ2n) is 3.56. The maximum atomic E-state index is 10.5. The summed E-state index contributed by atoms with van der Waals surface area (Å²) in [7, 11) is 2.01. The van der Waals surface area contributed by atoms with Gasteiger partial charge in [0.05, 0.1) is 11.1 Å². The van der Waals surface area contributed by atoms with Crippen LogP contribution in [0.2, 0.25) is 0 Å². The summed E-state index contributed by atoms with van der Waals surface area (Å²) >= 11 is 1.44. The van der Waals surface area contributed by atoms with E-state index < -0.39 is 0 Å². The van der Waals surface area contributed by atoms with Gasteiger partial charge < -0.3 is 4.90 Å². The summed E-state index contributed by atoms with van der Waals surface area (Å²) in [5, 5.41) is 0.924. The molecule has 78 valence electrons. The van der Waals surface area contributed by atoms with Crippen LogP contribution in [0.3, 0.4) is 0 Å². The van der Waals surface area contributed by atoms with E-state index in [4.69, 9.17) is 0 Å². The van der Waals surface area contributed by atoms with E-state index in [0.29, 0.717) is 10.8 Å². The standard InChI is InChI=1S/C10H16N2OS/c1-4-8(2)6-12(3)10-11-5-9(7-13)14-10/h5,7-8H,4,6H2,1-3H3. The largest absolute Gasteiger partial charge is 0.351 e. The Kier molecular flexibility index (Phi) is 4.07. The fourth-order valence-corrected chi connectivity index (χ4v) is 1.88. The zero-order chi connectivity index (χ0) is 10.6. The van der Waals surface area contributed by atoms with E-state index >= 15 is 0 Å². The van der Waals surface area contributed by atoms with Crippen molar-refractivity contribution in [1.82, 2.24) is 4.98 Å². The summed E-state index contributed by atoms with van der Waals surface area (Å²) in [5.41, 5.74) is 0.